The zero-order valence-electron chi connectivity index (χ0n) is 13.7. The Balaban J connectivity index is 0.000000597. The number of aromatic nitrogens is 1. The first-order valence-electron chi connectivity index (χ1n) is 7.02. The van der Waals surface area contributed by atoms with Gasteiger partial charge in [0.15, 0.2) is 5.96 Å². The molecule has 8 nitrogen and oxygen atoms in total. The number of hydrogen-bond donors (Lipinski definition) is 4. The lowest BCUT2D eigenvalue weighted by molar-refractivity contribution is -0.114. The van der Waals surface area contributed by atoms with Crippen molar-refractivity contribution < 1.29 is 17.8 Å². The van der Waals surface area contributed by atoms with E-state index in [0.717, 1.165) is 0 Å². The van der Waals surface area contributed by atoms with Crippen LogP contribution in [0.1, 0.15) is 11.1 Å². The van der Waals surface area contributed by atoms with E-state index in [1.807, 2.05) is 6.07 Å². The molecule has 0 aliphatic heterocycles. The van der Waals surface area contributed by atoms with Crippen molar-refractivity contribution in [2.75, 3.05) is 6.26 Å². The summed E-state index contributed by atoms with van der Waals surface area (Å²) >= 11 is 6.11. The number of carbonyl (C=O) groups excluding carboxylic acids is 1. The number of pyridine rings is 1. The summed E-state index contributed by atoms with van der Waals surface area (Å²) in [5, 5.41) is 9.97. The van der Waals surface area contributed by atoms with Crippen LogP contribution in [0.5, 0.6) is 0 Å². The fraction of sp³-hybridized carbons (Fsp3) is 0.0625. The number of guanidine groups is 1. The van der Waals surface area contributed by atoms with Crippen LogP contribution in [-0.2, 0) is 14.9 Å². The first kappa shape index (κ1) is 21.3. The van der Waals surface area contributed by atoms with E-state index in [1.165, 1.54) is 0 Å². The third-order valence-electron chi connectivity index (χ3n) is 2.67. The molecule has 2 aromatic rings. The molecule has 10 heteroatoms. The smallest absolute Gasteiger partial charge is 0.261 e. The van der Waals surface area contributed by atoms with Gasteiger partial charge in [-0.05, 0) is 23.8 Å². The zero-order valence-corrected chi connectivity index (χ0v) is 15.3. The van der Waals surface area contributed by atoms with Crippen molar-refractivity contribution in [1.29, 1.82) is 5.41 Å². The van der Waals surface area contributed by atoms with Crippen molar-refractivity contribution in [3.05, 3.63) is 64.9 Å². The van der Waals surface area contributed by atoms with E-state index in [1.54, 1.807) is 48.8 Å². The fourth-order valence-electron chi connectivity index (χ4n) is 1.74. The summed E-state index contributed by atoms with van der Waals surface area (Å²) in [6, 6.07) is 10.6. The standard InChI is InChI=1S/C15H13ClN4O.CH4O3S/c16-13-6-2-1-4-10(13)8-12(14(21)20-15(17)18)11-5-3-7-19-9-11;1-5(2,3)4/h1-9H,(H4,17,18,20,21);1H3,(H,2,3,4)/b12-8+;. The molecule has 0 unspecified atom stereocenters. The molecule has 1 aromatic carbocycles. The highest BCUT2D eigenvalue weighted by molar-refractivity contribution is 7.85. The highest BCUT2D eigenvalue weighted by Gasteiger charge is 2.13. The Labute approximate surface area is 156 Å². The van der Waals surface area contributed by atoms with Crippen LogP contribution in [0.3, 0.4) is 0 Å². The minimum atomic E-state index is -3.67. The normalized spacial score (nSPS) is 11.1. The monoisotopic (exact) mass is 396 g/mol. The maximum atomic E-state index is 12.2. The van der Waals surface area contributed by atoms with Crippen LogP contribution >= 0.6 is 11.6 Å². The van der Waals surface area contributed by atoms with E-state index in [2.05, 4.69) is 10.3 Å². The Kier molecular flexibility index (Phi) is 7.91. The number of carbonyl (C=O) groups is 1. The minimum absolute atomic E-state index is 0.325. The van der Waals surface area contributed by atoms with Crippen LogP contribution in [0, 0.1) is 5.41 Å². The number of amides is 1. The average Bonchev–Trinajstić information content (AvgIpc) is 2.52. The lowest BCUT2D eigenvalue weighted by atomic mass is 10.0. The molecule has 5 N–H and O–H groups in total. The topological polar surface area (TPSA) is 146 Å². The molecule has 2 rings (SSSR count). The number of nitrogens with one attached hydrogen (secondary N) is 2. The molecule has 1 amide bonds. The van der Waals surface area contributed by atoms with Gasteiger partial charge in [-0.3, -0.25) is 25.1 Å². The van der Waals surface area contributed by atoms with Crippen LogP contribution in [0.15, 0.2) is 48.8 Å². The molecule has 0 aliphatic rings. The SMILES string of the molecule is CS(=O)(=O)O.N=C(N)NC(=O)/C(=C/c1ccccc1Cl)c1cccnc1. The number of rotatable bonds is 3. The van der Waals surface area contributed by atoms with Gasteiger partial charge in [0.1, 0.15) is 0 Å². The number of nitrogens with two attached hydrogens (primary N) is 1. The van der Waals surface area contributed by atoms with Gasteiger partial charge >= 0.3 is 0 Å². The van der Waals surface area contributed by atoms with Crippen molar-refractivity contribution in [3.8, 4) is 0 Å². The molecule has 1 aromatic heterocycles. The number of nitrogens with zero attached hydrogens (tertiary/aromatic N) is 1. The van der Waals surface area contributed by atoms with Crippen molar-refractivity contribution in [3.63, 3.8) is 0 Å². The second kappa shape index (κ2) is 9.66. The van der Waals surface area contributed by atoms with Crippen molar-refractivity contribution in [2.24, 2.45) is 5.73 Å². The van der Waals surface area contributed by atoms with Crippen LogP contribution in [-0.4, -0.2) is 36.1 Å². The molecule has 0 aliphatic carbocycles. The molecule has 1 heterocycles. The van der Waals surface area contributed by atoms with Gasteiger partial charge in [0.2, 0.25) is 0 Å². The van der Waals surface area contributed by atoms with Crippen molar-refractivity contribution in [1.82, 2.24) is 10.3 Å². The molecule has 0 bridgehead atoms. The van der Waals surface area contributed by atoms with Crippen LogP contribution in [0.2, 0.25) is 5.02 Å². The molecule has 0 spiro atoms. The Morgan fingerprint density at radius 1 is 1.31 bits per heavy atom. The van der Waals surface area contributed by atoms with Crippen molar-refractivity contribution in [2.45, 2.75) is 0 Å². The average molecular weight is 397 g/mol. The third-order valence-corrected chi connectivity index (χ3v) is 3.01. The lowest BCUT2D eigenvalue weighted by Gasteiger charge is -2.08. The van der Waals surface area contributed by atoms with Crippen LogP contribution < -0.4 is 11.1 Å². The second-order valence-electron chi connectivity index (χ2n) is 4.92. The Morgan fingerprint density at radius 2 is 1.92 bits per heavy atom. The number of hydrogen-bond acceptors (Lipinski definition) is 5. The summed E-state index contributed by atoms with van der Waals surface area (Å²) in [6.07, 6.45) is 5.52. The summed E-state index contributed by atoms with van der Waals surface area (Å²) in [6.45, 7) is 0. The van der Waals surface area contributed by atoms with Gasteiger partial charge in [-0.15, -0.1) is 0 Å². The van der Waals surface area contributed by atoms with Gasteiger partial charge in [0.05, 0.1) is 6.26 Å². The van der Waals surface area contributed by atoms with Gasteiger partial charge in [0, 0.05) is 28.6 Å². The molecular formula is C16H17ClN4O4S. The lowest BCUT2D eigenvalue weighted by Crippen LogP contribution is -2.36. The summed E-state index contributed by atoms with van der Waals surface area (Å²) in [4.78, 5) is 16.2. The summed E-state index contributed by atoms with van der Waals surface area (Å²) in [5.74, 6) is -0.913. The van der Waals surface area contributed by atoms with Gasteiger partial charge in [-0.1, -0.05) is 35.9 Å². The Bertz CT molecular complexity index is 907. The quantitative estimate of drug-likeness (QED) is 0.269. The fourth-order valence-corrected chi connectivity index (χ4v) is 1.93. The molecule has 138 valence electrons. The second-order valence-corrected chi connectivity index (χ2v) is 6.80. The maximum Gasteiger partial charge on any atom is 0.261 e. The molecular weight excluding hydrogens is 380 g/mol. The Morgan fingerprint density at radius 3 is 2.42 bits per heavy atom. The maximum absolute atomic E-state index is 12.2. The highest BCUT2D eigenvalue weighted by atomic mass is 35.5. The van der Waals surface area contributed by atoms with Gasteiger partial charge in [0.25, 0.3) is 16.0 Å². The number of benzene rings is 1. The molecule has 0 saturated heterocycles. The summed E-state index contributed by atoms with van der Waals surface area (Å²) < 4.78 is 25.9. The predicted molar refractivity (Wildman–Crippen MR) is 101 cm³/mol. The predicted octanol–water partition coefficient (Wildman–Crippen LogP) is 1.79. The molecule has 0 atom stereocenters. The molecule has 0 fully saturated rings. The van der Waals surface area contributed by atoms with E-state index >= 15 is 0 Å². The van der Waals surface area contributed by atoms with E-state index in [-0.39, 0.29) is 0 Å². The molecule has 0 radical (unpaired) electrons. The van der Waals surface area contributed by atoms with Gasteiger partial charge in [-0.2, -0.15) is 8.42 Å². The molecule has 26 heavy (non-hydrogen) atoms. The zero-order chi connectivity index (χ0) is 19.7. The molecule has 0 saturated carbocycles. The van der Waals surface area contributed by atoms with Gasteiger partial charge < -0.3 is 5.73 Å². The Hall–Kier alpha value is -2.75. The summed E-state index contributed by atoms with van der Waals surface area (Å²) in [7, 11) is -3.67. The van der Waals surface area contributed by atoms with E-state index < -0.39 is 22.0 Å². The van der Waals surface area contributed by atoms with Gasteiger partial charge in [-0.25, -0.2) is 0 Å². The third kappa shape index (κ3) is 8.38. The van der Waals surface area contributed by atoms with Crippen molar-refractivity contribution >= 4 is 45.2 Å². The first-order chi connectivity index (χ1) is 12.1. The minimum Gasteiger partial charge on any atom is -0.370 e. The number of halogens is 1. The first-order valence-corrected chi connectivity index (χ1v) is 9.25. The summed E-state index contributed by atoms with van der Waals surface area (Å²) in [5.41, 5.74) is 6.84. The van der Waals surface area contributed by atoms with Crippen LogP contribution in [0.4, 0.5) is 0 Å². The van der Waals surface area contributed by atoms with E-state index in [9.17, 15) is 13.2 Å². The van der Waals surface area contributed by atoms with E-state index in [0.29, 0.717) is 28.0 Å². The van der Waals surface area contributed by atoms with E-state index in [4.69, 9.17) is 27.3 Å². The highest BCUT2D eigenvalue weighted by Crippen LogP contribution is 2.22. The largest absolute Gasteiger partial charge is 0.370 e. The van der Waals surface area contributed by atoms with Crippen LogP contribution in [0.25, 0.3) is 11.6 Å².